The van der Waals surface area contributed by atoms with Crippen molar-refractivity contribution in [2.75, 3.05) is 39.8 Å². The molecule has 0 unspecified atom stereocenters. The van der Waals surface area contributed by atoms with Crippen LogP contribution in [0, 0.1) is 0 Å². The highest BCUT2D eigenvalue weighted by Gasteiger charge is 2.28. The molecule has 1 aromatic rings. The molecule has 0 aliphatic carbocycles. The fourth-order valence-corrected chi connectivity index (χ4v) is 2.72. The third kappa shape index (κ3) is 4.08. The minimum atomic E-state index is 0.196. The Bertz CT molecular complexity index is 406. The van der Waals surface area contributed by atoms with Crippen molar-refractivity contribution in [3.05, 3.63) is 23.7 Å². The molecule has 1 aromatic heterocycles. The molecule has 0 amide bonds. The summed E-state index contributed by atoms with van der Waals surface area (Å²) in [5, 5.41) is 3.54. The second-order valence-electron chi connectivity index (χ2n) is 6.43. The average Bonchev–Trinajstić information content (AvgIpc) is 2.87. The molecule has 4 nitrogen and oxygen atoms in total. The molecule has 114 valence electrons. The molecule has 20 heavy (non-hydrogen) atoms. The highest BCUT2D eigenvalue weighted by Crippen LogP contribution is 2.16. The Hall–Kier alpha value is -0.840. The molecular formula is C16H29N3O. The predicted molar refractivity (Wildman–Crippen MR) is 82.9 cm³/mol. The summed E-state index contributed by atoms with van der Waals surface area (Å²) in [6, 6.07) is 4.15. The standard InChI is InChI=1S/C16H29N3O/c1-5-14-6-7-15(20-14)12-17-13-16(2,3)19-10-8-18(4)9-11-19/h6-7,17H,5,8-13H2,1-4H3. The van der Waals surface area contributed by atoms with E-state index in [4.69, 9.17) is 4.42 Å². The van der Waals surface area contributed by atoms with Crippen LogP contribution in [0.1, 0.15) is 32.3 Å². The largest absolute Gasteiger partial charge is 0.465 e. The molecule has 0 bridgehead atoms. The quantitative estimate of drug-likeness (QED) is 0.862. The molecule has 4 heteroatoms. The fourth-order valence-electron chi connectivity index (χ4n) is 2.72. The molecule has 1 aliphatic heterocycles. The van der Waals surface area contributed by atoms with Crippen LogP contribution in [0.5, 0.6) is 0 Å². The number of nitrogens with zero attached hydrogens (tertiary/aromatic N) is 2. The summed E-state index contributed by atoms with van der Waals surface area (Å²) >= 11 is 0. The van der Waals surface area contributed by atoms with Gasteiger partial charge < -0.3 is 14.6 Å². The van der Waals surface area contributed by atoms with Gasteiger partial charge in [0.1, 0.15) is 11.5 Å². The molecular weight excluding hydrogens is 250 g/mol. The third-order valence-electron chi connectivity index (χ3n) is 4.28. The molecule has 0 aromatic carbocycles. The molecule has 1 saturated heterocycles. The van der Waals surface area contributed by atoms with E-state index >= 15 is 0 Å². The summed E-state index contributed by atoms with van der Waals surface area (Å²) in [7, 11) is 2.20. The van der Waals surface area contributed by atoms with Crippen LogP contribution in [-0.4, -0.2) is 55.1 Å². The minimum Gasteiger partial charge on any atom is -0.465 e. The van der Waals surface area contributed by atoms with Crippen LogP contribution >= 0.6 is 0 Å². The Morgan fingerprint density at radius 2 is 1.80 bits per heavy atom. The Labute approximate surface area is 123 Å². The van der Waals surface area contributed by atoms with Gasteiger partial charge in [0, 0.05) is 44.7 Å². The van der Waals surface area contributed by atoms with Crippen LogP contribution in [-0.2, 0) is 13.0 Å². The Morgan fingerprint density at radius 1 is 1.15 bits per heavy atom. The second kappa shape index (κ2) is 6.74. The van der Waals surface area contributed by atoms with Gasteiger partial charge >= 0.3 is 0 Å². The van der Waals surface area contributed by atoms with Gasteiger partial charge in [-0.05, 0) is 33.0 Å². The summed E-state index contributed by atoms with van der Waals surface area (Å²) in [5.74, 6) is 2.11. The van der Waals surface area contributed by atoms with E-state index in [1.807, 2.05) is 0 Å². The first-order valence-corrected chi connectivity index (χ1v) is 7.73. The van der Waals surface area contributed by atoms with Crippen LogP contribution in [0.2, 0.25) is 0 Å². The number of nitrogens with one attached hydrogen (secondary N) is 1. The smallest absolute Gasteiger partial charge is 0.117 e. The number of furan rings is 1. The lowest BCUT2D eigenvalue weighted by atomic mass is 10.0. The Kier molecular flexibility index (Phi) is 5.24. The van der Waals surface area contributed by atoms with Crippen molar-refractivity contribution >= 4 is 0 Å². The first-order chi connectivity index (χ1) is 9.51. The lowest BCUT2D eigenvalue weighted by Crippen LogP contribution is -2.57. The van der Waals surface area contributed by atoms with Gasteiger partial charge in [-0.3, -0.25) is 4.90 Å². The van der Waals surface area contributed by atoms with Crippen molar-refractivity contribution in [2.45, 2.75) is 39.3 Å². The number of hydrogen-bond donors (Lipinski definition) is 1. The van der Waals surface area contributed by atoms with Gasteiger partial charge in [0.05, 0.1) is 6.54 Å². The van der Waals surface area contributed by atoms with Crippen molar-refractivity contribution in [3.63, 3.8) is 0 Å². The van der Waals surface area contributed by atoms with Crippen molar-refractivity contribution in [1.82, 2.24) is 15.1 Å². The topological polar surface area (TPSA) is 31.6 Å². The molecule has 2 rings (SSSR count). The number of hydrogen-bond acceptors (Lipinski definition) is 4. The van der Waals surface area contributed by atoms with Crippen molar-refractivity contribution in [1.29, 1.82) is 0 Å². The van der Waals surface area contributed by atoms with Crippen LogP contribution in [0.15, 0.2) is 16.5 Å². The average molecular weight is 279 g/mol. The summed E-state index contributed by atoms with van der Waals surface area (Å²) < 4.78 is 5.72. The Balaban J connectivity index is 1.77. The number of aryl methyl sites for hydroxylation is 1. The van der Waals surface area contributed by atoms with Gasteiger partial charge in [-0.2, -0.15) is 0 Å². The normalized spacial score (nSPS) is 18.6. The second-order valence-corrected chi connectivity index (χ2v) is 6.43. The molecule has 0 atom stereocenters. The van der Waals surface area contributed by atoms with Gasteiger partial charge in [-0.1, -0.05) is 6.92 Å². The summed E-state index contributed by atoms with van der Waals surface area (Å²) in [4.78, 5) is 4.98. The van der Waals surface area contributed by atoms with Gasteiger partial charge in [-0.15, -0.1) is 0 Å². The van der Waals surface area contributed by atoms with E-state index < -0.39 is 0 Å². The SMILES string of the molecule is CCc1ccc(CNCC(C)(C)N2CCN(C)CC2)o1. The van der Waals surface area contributed by atoms with Gasteiger partial charge in [0.25, 0.3) is 0 Å². The van der Waals surface area contributed by atoms with E-state index in [9.17, 15) is 0 Å². The van der Waals surface area contributed by atoms with Gasteiger partial charge in [0.15, 0.2) is 0 Å². The molecule has 2 heterocycles. The minimum absolute atomic E-state index is 0.196. The van der Waals surface area contributed by atoms with Crippen LogP contribution in [0.4, 0.5) is 0 Å². The number of likely N-dealkylation sites (N-methyl/N-ethyl adjacent to an activating group) is 1. The highest BCUT2D eigenvalue weighted by atomic mass is 16.3. The lowest BCUT2D eigenvalue weighted by Gasteiger charge is -2.43. The molecule has 1 N–H and O–H groups in total. The molecule has 0 spiro atoms. The third-order valence-corrected chi connectivity index (χ3v) is 4.28. The first-order valence-electron chi connectivity index (χ1n) is 7.73. The lowest BCUT2D eigenvalue weighted by molar-refractivity contribution is 0.0615. The van der Waals surface area contributed by atoms with Crippen LogP contribution in [0.3, 0.4) is 0 Å². The number of piperazine rings is 1. The summed E-state index contributed by atoms with van der Waals surface area (Å²) in [6.45, 7) is 13.2. The first kappa shape index (κ1) is 15.5. The summed E-state index contributed by atoms with van der Waals surface area (Å²) in [6.07, 6.45) is 0.965. The maximum absolute atomic E-state index is 5.72. The molecule has 1 aliphatic rings. The molecule has 0 saturated carbocycles. The van der Waals surface area contributed by atoms with Crippen molar-refractivity contribution in [3.8, 4) is 0 Å². The van der Waals surface area contributed by atoms with Gasteiger partial charge in [-0.25, -0.2) is 0 Å². The zero-order valence-electron chi connectivity index (χ0n) is 13.4. The van der Waals surface area contributed by atoms with Crippen molar-refractivity contribution in [2.24, 2.45) is 0 Å². The maximum atomic E-state index is 5.72. The fraction of sp³-hybridized carbons (Fsp3) is 0.750. The highest BCUT2D eigenvalue weighted by molar-refractivity contribution is 5.06. The van der Waals surface area contributed by atoms with E-state index in [-0.39, 0.29) is 5.54 Å². The van der Waals surface area contributed by atoms with E-state index in [1.54, 1.807) is 0 Å². The van der Waals surface area contributed by atoms with Gasteiger partial charge in [0.2, 0.25) is 0 Å². The zero-order valence-corrected chi connectivity index (χ0v) is 13.4. The van der Waals surface area contributed by atoms with E-state index in [0.717, 1.165) is 44.1 Å². The number of rotatable bonds is 6. The van der Waals surface area contributed by atoms with Crippen molar-refractivity contribution < 1.29 is 4.42 Å². The molecule has 1 fully saturated rings. The van der Waals surface area contributed by atoms with Crippen LogP contribution in [0.25, 0.3) is 0 Å². The van der Waals surface area contributed by atoms with Crippen LogP contribution < -0.4 is 5.32 Å². The van der Waals surface area contributed by atoms with E-state index in [0.29, 0.717) is 0 Å². The Morgan fingerprint density at radius 3 is 2.40 bits per heavy atom. The molecule has 0 radical (unpaired) electrons. The van der Waals surface area contributed by atoms with E-state index in [1.165, 1.54) is 13.1 Å². The monoisotopic (exact) mass is 279 g/mol. The predicted octanol–water partition coefficient (Wildman–Crippen LogP) is 1.96. The van der Waals surface area contributed by atoms with E-state index in [2.05, 4.69) is 55.1 Å². The maximum Gasteiger partial charge on any atom is 0.117 e. The summed E-state index contributed by atoms with van der Waals surface area (Å²) in [5.41, 5.74) is 0.196. The zero-order chi connectivity index (χ0) is 14.6.